The van der Waals surface area contributed by atoms with Gasteiger partial charge in [-0.1, -0.05) is 0 Å². The van der Waals surface area contributed by atoms with Crippen LogP contribution in [0.1, 0.15) is 10.4 Å². The van der Waals surface area contributed by atoms with Gasteiger partial charge in [-0.05, 0) is 0 Å². The van der Waals surface area contributed by atoms with Crippen LogP contribution in [-0.2, 0) is 11.3 Å². The molecular formula is C7H9F2N3O2. The smallest absolute Gasteiger partial charge is 0.343 e. The Balaban J connectivity index is 2.87. The van der Waals surface area contributed by atoms with Crippen LogP contribution in [-0.4, -0.2) is 29.3 Å². The fourth-order valence-electron chi connectivity index (χ4n) is 0.938. The number of methoxy groups -OCH3 is 1. The number of ether oxygens (including phenoxy) is 1. The zero-order valence-electron chi connectivity index (χ0n) is 7.41. The Morgan fingerprint density at radius 2 is 2.43 bits per heavy atom. The molecule has 1 aromatic heterocycles. The lowest BCUT2D eigenvalue weighted by molar-refractivity contribution is 0.0601. The molecule has 0 amide bonds. The van der Waals surface area contributed by atoms with Gasteiger partial charge < -0.3 is 10.5 Å². The van der Waals surface area contributed by atoms with Crippen LogP contribution in [0.15, 0.2) is 6.20 Å². The summed E-state index contributed by atoms with van der Waals surface area (Å²) < 4.78 is 29.1. The fraction of sp³-hybridized carbons (Fsp3) is 0.429. The molecule has 0 aliphatic rings. The van der Waals surface area contributed by atoms with E-state index in [4.69, 9.17) is 5.73 Å². The molecule has 7 heteroatoms. The first kappa shape index (κ1) is 10.4. The van der Waals surface area contributed by atoms with Crippen molar-refractivity contribution in [1.82, 2.24) is 9.78 Å². The van der Waals surface area contributed by atoms with Gasteiger partial charge in [0.05, 0.1) is 7.11 Å². The summed E-state index contributed by atoms with van der Waals surface area (Å²) in [7, 11) is 1.17. The van der Waals surface area contributed by atoms with Crippen LogP contribution in [0.25, 0.3) is 0 Å². The van der Waals surface area contributed by atoms with E-state index in [0.29, 0.717) is 0 Å². The summed E-state index contributed by atoms with van der Waals surface area (Å²) in [5.74, 6) is -0.805. The molecular weight excluding hydrogens is 196 g/mol. The lowest BCUT2D eigenvalue weighted by atomic mass is 10.3. The number of halogens is 2. The normalized spacial score (nSPS) is 10.6. The maximum atomic E-state index is 11.9. The summed E-state index contributed by atoms with van der Waals surface area (Å²) in [6.45, 7) is -0.596. The third kappa shape index (κ3) is 2.18. The van der Waals surface area contributed by atoms with E-state index in [1.807, 2.05) is 0 Å². The summed E-state index contributed by atoms with van der Waals surface area (Å²) in [5, 5.41) is 3.53. The summed E-state index contributed by atoms with van der Waals surface area (Å²) in [5.41, 5.74) is 5.31. The Kier molecular flexibility index (Phi) is 3.00. The van der Waals surface area contributed by atoms with E-state index >= 15 is 0 Å². The molecule has 0 saturated heterocycles. The number of nitrogens with two attached hydrogens (primary N) is 1. The van der Waals surface area contributed by atoms with E-state index in [0.717, 1.165) is 10.9 Å². The van der Waals surface area contributed by atoms with Crippen molar-refractivity contribution in [1.29, 1.82) is 0 Å². The van der Waals surface area contributed by atoms with Crippen LogP contribution >= 0.6 is 0 Å². The number of aromatic nitrogens is 2. The molecule has 1 rings (SSSR count). The first-order valence-electron chi connectivity index (χ1n) is 3.74. The highest BCUT2D eigenvalue weighted by Crippen LogP contribution is 2.11. The van der Waals surface area contributed by atoms with Gasteiger partial charge in [0.25, 0.3) is 6.43 Å². The Morgan fingerprint density at radius 3 is 2.93 bits per heavy atom. The summed E-state index contributed by atoms with van der Waals surface area (Å²) >= 11 is 0. The minimum absolute atomic E-state index is 0.00634. The van der Waals surface area contributed by atoms with Crippen molar-refractivity contribution in [2.75, 3.05) is 12.8 Å². The highest BCUT2D eigenvalue weighted by atomic mass is 19.3. The van der Waals surface area contributed by atoms with Crippen molar-refractivity contribution < 1.29 is 18.3 Å². The zero-order chi connectivity index (χ0) is 10.7. The second-order valence-electron chi connectivity index (χ2n) is 2.53. The largest absolute Gasteiger partial charge is 0.465 e. The third-order valence-corrected chi connectivity index (χ3v) is 1.52. The van der Waals surface area contributed by atoms with Crippen molar-refractivity contribution >= 4 is 11.8 Å². The maximum Gasteiger partial charge on any atom is 0.343 e. The number of rotatable bonds is 3. The monoisotopic (exact) mass is 205 g/mol. The van der Waals surface area contributed by atoms with E-state index in [2.05, 4.69) is 9.84 Å². The van der Waals surface area contributed by atoms with E-state index in [9.17, 15) is 13.6 Å². The van der Waals surface area contributed by atoms with Crippen molar-refractivity contribution in [2.45, 2.75) is 13.0 Å². The molecule has 2 N–H and O–H groups in total. The van der Waals surface area contributed by atoms with Gasteiger partial charge in [0.1, 0.15) is 12.1 Å². The van der Waals surface area contributed by atoms with Gasteiger partial charge in [-0.2, -0.15) is 5.10 Å². The van der Waals surface area contributed by atoms with Crippen molar-refractivity contribution in [2.24, 2.45) is 0 Å². The van der Waals surface area contributed by atoms with Gasteiger partial charge in [-0.25, -0.2) is 13.6 Å². The first-order valence-corrected chi connectivity index (χ1v) is 3.74. The first-order chi connectivity index (χ1) is 6.54. The Morgan fingerprint density at radius 1 is 1.79 bits per heavy atom. The molecule has 14 heavy (non-hydrogen) atoms. The number of carbonyl (C=O) groups is 1. The Bertz CT molecular complexity index is 338. The number of alkyl halides is 2. The quantitative estimate of drug-likeness (QED) is 0.730. The molecule has 78 valence electrons. The topological polar surface area (TPSA) is 70.1 Å². The van der Waals surface area contributed by atoms with Crippen molar-refractivity contribution in [3.8, 4) is 0 Å². The van der Waals surface area contributed by atoms with Crippen LogP contribution in [0, 0.1) is 0 Å². The Labute approximate surface area is 78.4 Å². The third-order valence-electron chi connectivity index (χ3n) is 1.52. The van der Waals surface area contributed by atoms with Gasteiger partial charge in [-0.15, -0.1) is 0 Å². The highest BCUT2D eigenvalue weighted by molar-refractivity contribution is 5.93. The molecule has 0 bridgehead atoms. The number of nitrogens with zero attached hydrogens (tertiary/aromatic N) is 2. The molecule has 0 fully saturated rings. The number of esters is 1. The van der Waals surface area contributed by atoms with Crippen LogP contribution in [0.2, 0.25) is 0 Å². The summed E-state index contributed by atoms with van der Waals surface area (Å²) in [4.78, 5) is 11.0. The Hall–Kier alpha value is -1.66. The van der Waals surface area contributed by atoms with Gasteiger partial charge in [0, 0.05) is 6.20 Å². The van der Waals surface area contributed by atoms with Crippen molar-refractivity contribution in [3.05, 3.63) is 11.8 Å². The van der Waals surface area contributed by atoms with E-state index in [1.54, 1.807) is 0 Å². The van der Waals surface area contributed by atoms with Crippen LogP contribution < -0.4 is 5.73 Å². The molecule has 0 radical (unpaired) electrons. The van der Waals surface area contributed by atoms with Gasteiger partial charge in [-0.3, -0.25) is 4.68 Å². The lowest BCUT2D eigenvalue weighted by Gasteiger charge is -1.97. The number of anilines is 1. The number of nitrogen functional groups attached to an aromatic ring is 1. The van der Waals surface area contributed by atoms with Crippen LogP contribution in [0.5, 0.6) is 0 Å². The van der Waals surface area contributed by atoms with E-state index < -0.39 is 18.9 Å². The van der Waals surface area contributed by atoms with E-state index in [1.165, 1.54) is 7.11 Å². The summed E-state index contributed by atoms with van der Waals surface area (Å²) in [6.07, 6.45) is -1.41. The van der Waals surface area contributed by atoms with Crippen molar-refractivity contribution in [3.63, 3.8) is 0 Å². The average molecular weight is 205 g/mol. The van der Waals surface area contributed by atoms with Gasteiger partial charge in [0.15, 0.2) is 5.82 Å². The molecule has 0 atom stereocenters. The highest BCUT2D eigenvalue weighted by Gasteiger charge is 2.15. The zero-order valence-corrected chi connectivity index (χ0v) is 7.41. The molecule has 1 aromatic rings. The number of hydrogen-bond acceptors (Lipinski definition) is 4. The maximum absolute atomic E-state index is 11.9. The molecule has 0 aromatic carbocycles. The fourth-order valence-corrected chi connectivity index (χ4v) is 0.938. The lowest BCUT2D eigenvalue weighted by Crippen LogP contribution is -2.07. The molecule has 0 aliphatic carbocycles. The van der Waals surface area contributed by atoms with Gasteiger partial charge in [0.2, 0.25) is 0 Å². The molecule has 0 spiro atoms. The van der Waals surface area contributed by atoms with Crippen LogP contribution in [0.4, 0.5) is 14.6 Å². The molecule has 0 unspecified atom stereocenters. The average Bonchev–Trinajstić information content (AvgIpc) is 2.44. The minimum atomic E-state index is -2.54. The second kappa shape index (κ2) is 4.03. The summed E-state index contributed by atoms with van der Waals surface area (Å²) in [6, 6.07) is 0. The predicted octanol–water partition coefficient (Wildman–Crippen LogP) is 0.517. The number of carbonyl (C=O) groups excluding carboxylic acids is 1. The molecule has 0 aliphatic heterocycles. The second-order valence-corrected chi connectivity index (χ2v) is 2.53. The minimum Gasteiger partial charge on any atom is -0.465 e. The molecule has 1 heterocycles. The molecule has 5 nitrogen and oxygen atoms in total. The predicted molar refractivity (Wildman–Crippen MR) is 44.0 cm³/mol. The standard InChI is InChI=1S/C7H9F2N3O2/c1-14-7(13)4-2-12(3-5(8)9)11-6(4)10/h2,5H,3H2,1H3,(H2,10,11). The van der Waals surface area contributed by atoms with Crippen LogP contribution in [0.3, 0.4) is 0 Å². The molecule has 0 saturated carbocycles. The van der Waals surface area contributed by atoms with E-state index in [-0.39, 0.29) is 11.4 Å². The SMILES string of the molecule is COC(=O)c1cn(CC(F)F)nc1N. The van der Waals surface area contributed by atoms with Gasteiger partial charge >= 0.3 is 5.97 Å². The number of hydrogen-bond donors (Lipinski definition) is 1.